The fourth-order valence-electron chi connectivity index (χ4n) is 9.67. The minimum absolute atomic E-state index is 0. The molecule has 344 valence electrons. The van der Waals surface area contributed by atoms with E-state index >= 15 is 0 Å². The Kier molecular flexibility index (Phi) is 13.7. The van der Waals surface area contributed by atoms with Crippen LogP contribution in [0.25, 0.3) is 98.5 Å². The summed E-state index contributed by atoms with van der Waals surface area (Å²) in [5.41, 5.74) is 19.9. The Hall–Kier alpha value is -7.92. The van der Waals surface area contributed by atoms with Crippen LogP contribution in [0.2, 0.25) is 0 Å². The Bertz CT molecular complexity index is 3670. The molecule has 0 aliphatic rings. The van der Waals surface area contributed by atoms with Crippen molar-refractivity contribution in [2.75, 3.05) is 0 Å². The quantitative estimate of drug-likeness (QED) is 0.108. The summed E-state index contributed by atoms with van der Waals surface area (Å²) >= 11 is 1.81. The smallest absolute Gasteiger partial charge is 0.304 e. The van der Waals surface area contributed by atoms with Crippen LogP contribution in [-0.4, -0.2) is 15.0 Å². The van der Waals surface area contributed by atoms with Crippen molar-refractivity contribution in [2.24, 2.45) is 0 Å². The Morgan fingerprint density at radius 3 is 1.54 bits per heavy atom. The van der Waals surface area contributed by atoms with Crippen LogP contribution in [0.15, 0.2) is 231 Å². The summed E-state index contributed by atoms with van der Waals surface area (Å²) in [5, 5.41) is 2.50. The second-order valence-electron chi connectivity index (χ2n) is 18.0. The molecule has 0 bridgehead atoms. The van der Waals surface area contributed by atoms with Crippen LogP contribution in [0.5, 0.6) is 0 Å². The summed E-state index contributed by atoms with van der Waals surface area (Å²) in [4.78, 5) is 14.9. The van der Waals surface area contributed by atoms with E-state index in [4.69, 9.17) is 15.0 Å². The number of aromatic nitrogens is 3. The van der Waals surface area contributed by atoms with Crippen LogP contribution < -0.4 is 0 Å². The molecule has 0 unspecified atom stereocenters. The maximum atomic E-state index is 5.25. The minimum atomic E-state index is 0. The summed E-state index contributed by atoms with van der Waals surface area (Å²) in [6.07, 6.45) is 9.61. The number of thiophene rings is 1. The van der Waals surface area contributed by atoms with Crippen molar-refractivity contribution in [2.45, 2.75) is 25.7 Å². The van der Waals surface area contributed by atoms with Gasteiger partial charge in [-0.15, -0.1) is 95.6 Å². The van der Waals surface area contributed by atoms with Crippen molar-refractivity contribution in [3.05, 3.63) is 271 Å². The molecule has 5 heteroatoms. The van der Waals surface area contributed by atoms with Crippen molar-refractivity contribution in [3.63, 3.8) is 0 Å². The molecule has 0 radical (unpaired) electrons. The van der Waals surface area contributed by atoms with Crippen LogP contribution in [0.4, 0.5) is 0 Å². The van der Waals surface area contributed by atoms with E-state index < -0.39 is 0 Å². The average Bonchev–Trinajstić information content (AvgIpc) is 3.83. The normalized spacial score (nSPS) is 11.2. The molecule has 0 spiro atoms. The van der Waals surface area contributed by atoms with Gasteiger partial charge in [-0.2, -0.15) is 11.3 Å². The summed E-state index contributed by atoms with van der Waals surface area (Å²) in [6, 6.07) is 85.7. The first kappa shape index (κ1) is 46.5. The molecule has 0 fully saturated rings. The monoisotopic (exact) mass is 1120 g/mol. The minimum Gasteiger partial charge on any atom is -0.304 e. The fraction of sp³-hybridized carbons (Fsp3) is 0.0597. The number of pyridine rings is 3. The van der Waals surface area contributed by atoms with Gasteiger partial charge in [0.2, 0.25) is 0 Å². The summed E-state index contributed by atoms with van der Waals surface area (Å²) < 4.78 is 2.51. The average molecular weight is 1120 g/mol. The van der Waals surface area contributed by atoms with E-state index in [0.29, 0.717) is 0 Å². The first-order chi connectivity index (χ1) is 35.1. The Morgan fingerprint density at radius 1 is 0.333 bits per heavy atom. The van der Waals surface area contributed by atoms with Gasteiger partial charge >= 0.3 is 20.1 Å². The van der Waals surface area contributed by atoms with Gasteiger partial charge < -0.3 is 15.0 Å². The third kappa shape index (κ3) is 10.0. The van der Waals surface area contributed by atoms with Gasteiger partial charge in [0, 0.05) is 28.9 Å². The first-order valence-electron chi connectivity index (χ1n) is 24.2. The van der Waals surface area contributed by atoms with E-state index in [0.717, 1.165) is 81.7 Å². The van der Waals surface area contributed by atoms with Crippen LogP contribution in [0, 0.1) is 18.2 Å². The fourth-order valence-corrected chi connectivity index (χ4v) is 10.7. The molecule has 0 atom stereocenters. The van der Waals surface area contributed by atoms with Gasteiger partial charge in [-0.25, -0.2) is 0 Å². The van der Waals surface area contributed by atoms with Gasteiger partial charge in [-0.05, 0) is 120 Å². The maximum Gasteiger partial charge on any atom is 3.00 e. The van der Waals surface area contributed by atoms with Gasteiger partial charge in [0.15, 0.2) is 0 Å². The Morgan fingerprint density at radius 2 is 0.903 bits per heavy atom. The largest absolute Gasteiger partial charge is 3.00 e. The molecular weight excluding hydrogens is 1070 g/mol. The van der Waals surface area contributed by atoms with Gasteiger partial charge in [0.1, 0.15) is 0 Å². The molecule has 4 heterocycles. The molecule has 0 aliphatic carbocycles. The molecule has 0 aliphatic heterocycles. The summed E-state index contributed by atoms with van der Waals surface area (Å²) in [5.74, 6) is 0. The molecule has 8 aromatic carbocycles. The summed E-state index contributed by atoms with van der Waals surface area (Å²) in [6.45, 7) is 0. The molecule has 0 saturated heterocycles. The van der Waals surface area contributed by atoms with E-state index in [1.54, 1.807) is 0 Å². The Labute approximate surface area is 439 Å². The molecule has 12 rings (SSSR count). The third-order valence-corrected chi connectivity index (χ3v) is 14.5. The van der Waals surface area contributed by atoms with E-state index in [2.05, 4.69) is 200 Å². The molecular formula is C67H46IrN3S. The molecule has 0 amide bonds. The van der Waals surface area contributed by atoms with Crippen molar-refractivity contribution < 1.29 is 20.1 Å². The zero-order valence-corrected chi connectivity index (χ0v) is 42.6. The predicted octanol–water partition coefficient (Wildman–Crippen LogP) is 16.9. The SMILES string of the molecule is [Ir+3].[c-]1ccccc1-c1ccc(CCc2cc(CCc3ccc(-c4[c-]cccc4)nc3)cc(-c3ccccc3-c3cnc(-c4[c-]cc5sc6ccccc6c5c4)cc3-c3ccc(-c4ccccc4)cc3)c2)cn1. The van der Waals surface area contributed by atoms with Gasteiger partial charge in [-0.3, -0.25) is 0 Å². The molecule has 0 saturated carbocycles. The van der Waals surface area contributed by atoms with Crippen molar-refractivity contribution in [1.29, 1.82) is 0 Å². The van der Waals surface area contributed by atoms with Gasteiger partial charge in [0.25, 0.3) is 0 Å². The maximum absolute atomic E-state index is 5.25. The van der Waals surface area contributed by atoms with E-state index in [1.807, 2.05) is 60.1 Å². The number of hydrogen-bond donors (Lipinski definition) is 0. The number of nitrogens with zero attached hydrogens (tertiary/aromatic N) is 3. The topological polar surface area (TPSA) is 38.7 Å². The van der Waals surface area contributed by atoms with Crippen LogP contribution >= 0.6 is 11.3 Å². The van der Waals surface area contributed by atoms with Crippen molar-refractivity contribution in [1.82, 2.24) is 15.0 Å². The van der Waals surface area contributed by atoms with Crippen molar-refractivity contribution in [3.8, 4) is 78.3 Å². The predicted molar refractivity (Wildman–Crippen MR) is 295 cm³/mol. The number of benzene rings is 8. The molecule has 12 aromatic rings. The molecule has 3 nitrogen and oxygen atoms in total. The molecule has 4 aromatic heterocycles. The second kappa shape index (κ2) is 21.2. The molecule has 0 N–H and O–H groups in total. The van der Waals surface area contributed by atoms with Crippen LogP contribution in [0.1, 0.15) is 22.3 Å². The first-order valence-corrected chi connectivity index (χ1v) is 25.0. The van der Waals surface area contributed by atoms with Crippen LogP contribution in [-0.2, 0) is 45.8 Å². The third-order valence-electron chi connectivity index (χ3n) is 13.4. The standard InChI is InChI=1S/C67H46N3S.Ir/c1-4-14-50(15-5-1)51-30-32-52(33-31-51)60-42-65(55-34-37-67-61(41-55)59-22-12-13-23-66(59)71-67)70-45-62(60)58-21-11-10-20-57(58)56-39-48(26-24-46-28-35-63(68-43-46)53-16-6-2-7-17-53)38-49(40-56)27-25-47-29-36-64(69-44-47)54-18-8-3-9-19-54;/h1-16,18,20-23,28-33,35-45H,24-27H2;/q-3;+3. The van der Waals surface area contributed by atoms with E-state index in [1.165, 1.54) is 64.7 Å². The van der Waals surface area contributed by atoms with E-state index in [-0.39, 0.29) is 20.1 Å². The Balaban J connectivity index is 0.00000560. The number of hydrogen-bond acceptors (Lipinski definition) is 4. The number of rotatable bonds is 13. The molecule has 72 heavy (non-hydrogen) atoms. The summed E-state index contributed by atoms with van der Waals surface area (Å²) in [7, 11) is 0. The zero-order chi connectivity index (χ0) is 47.3. The second-order valence-corrected chi connectivity index (χ2v) is 19.1. The van der Waals surface area contributed by atoms with Gasteiger partial charge in [-0.1, -0.05) is 151 Å². The number of fused-ring (bicyclic) bond motifs is 3. The van der Waals surface area contributed by atoms with Gasteiger partial charge in [0.05, 0.1) is 0 Å². The van der Waals surface area contributed by atoms with Crippen molar-refractivity contribution >= 4 is 31.5 Å². The van der Waals surface area contributed by atoms with E-state index in [9.17, 15) is 0 Å². The number of aryl methyl sites for hydroxylation is 4. The zero-order valence-electron chi connectivity index (χ0n) is 39.4. The van der Waals surface area contributed by atoms with Crippen LogP contribution in [0.3, 0.4) is 0 Å².